The van der Waals surface area contributed by atoms with Crippen LogP contribution < -0.4 is 5.32 Å². The van der Waals surface area contributed by atoms with E-state index in [2.05, 4.69) is 55.2 Å². The lowest BCUT2D eigenvalue weighted by Crippen LogP contribution is -2.42. The highest BCUT2D eigenvalue weighted by molar-refractivity contribution is 5.03. The Morgan fingerprint density at radius 1 is 1.20 bits per heavy atom. The van der Waals surface area contributed by atoms with Gasteiger partial charge in [-0.1, -0.05) is 26.8 Å². The highest BCUT2D eigenvalue weighted by atomic mass is 15.1. The van der Waals surface area contributed by atoms with Crippen molar-refractivity contribution in [2.45, 2.75) is 46.6 Å². The van der Waals surface area contributed by atoms with Gasteiger partial charge in [-0.15, -0.1) is 0 Å². The molecule has 0 unspecified atom stereocenters. The SMILES string of the molecule is CCCNCC(CC)(CC)CN(C)Cc1ccccn1. The van der Waals surface area contributed by atoms with E-state index in [9.17, 15) is 0 Å². The monoisotopic (exact) mass is 277 g/mol. The van der Waals surface area contributed by atoms with E-state index in [1.165, 1.54) is 19.3 Å². The summed E-state index contributed by atoms with van der Waals surface area (Å²) < 4.78 is 0. The average molecular weight is 277 g/mol. The van der Waals surface area contributed by atoms with Crippen LogP contribution in [0, 0.1) is 5.41 Å². The number of rotatable bonds is 10. The Morgan fingerprint density at radius 2 is 1.95 bits per heavy atom. The molecule has 0 spiro atoms. The molecule has 1 heterocycles. The maximum Gasteiger partial charge on any atom is 0.0543 e. The third-order valence-corrected chi connectivity index (χ3v) is 4.19. The van der Waals surface area contributed by atoms with Gasteiger partial charge in [0.25, 0.3) is 0 Å². The second kappa shape index (κ2) is 9.09. The summed E-state index contributed by atoms with van der Waals surface area (Å²) in [6.45, 7) is 11.1. The topological polar surface area (TPSA) is 28.2 Å². The quantitative estimate of drug-likeness (QED) is 0.665. The Hall–Kier alpha value is -0.930. The van der Waals surface area contributed by atoms with Gasteiger partial charge in [0, 0.05) is 25.8 Å². The van der Waals surface area contributed by atoms with Gasteiger partial charge in [0.1, 0.15) is 0 Å². The molecule has 0 aliphatic heterocycles. The molecule has 3 nitrogen and oxygen atoms in total. The molecule has 3 heteroatoms. The van der Waals surface area contributed by atoms with Crippen LogP contribution in [0.3, 0.4) is 0 Å². The highest BCUT2D eigenvalue weighted by Gasteiger charge is 2.27. The van der Waals surface area contributed by atoms with E-state index in [1.807, 2.05) is 12.3 Å². The lowest BCUT2D eigenvalue weighted by atomic mass is 9.81. The molecule has 1 N–H and O–H groups in total. The van der Waals surface area contributed by atoms with Crippen LogP contribution in [-0.2, 0) is 6.54 Å². The van der Waals surface area contributed by atoms with Gasteiger partial charge in [0.2, 0.25) is 0 Å². The van der Waals surface area contributed by atoms with E-state index < -0.39 is 0 Å². The first-order chi connectivity index (χ1) is 9.65. The van der Waals surface area contributed by atoms with E-state index in [4.69, 9.17) is 0 Å². The molecule has 0 saturated carbocycles. The third kappa shape index (κ3) is 5.59. The summed E-state index contributed by atoms with van der Waals surface area (Å²) in [7, 11) is 2.20. The fraction of sp³-hybridized carbons (Fsp3) is 0.706. The standard InChI is InChI=1S/C17H31N3/c1-5-11-18-14-17(6-2,7-3)15-20(4)13-16-10-8-9-12-19-16/h8-10,12,18H,5-7,11,13-15H2,1-4H3. The maximum atomic E-state index is 4.42. The summed E-state index contributed by atoms with van der Waals surface area (Å²) in [5.74, 6) is 0. The van der Waals surface area contributed by atoms with Crippen LogP contribution in [0.1, 0.15) is 45.7 Å². The maximum absolute atomic E-state index is 4.42. The van der Waals surface area contributed by atoms with Gasteiger partial charge < -0.3 is 5.32 Å². The van der Waals surface area contributed by atoms with E-state index in [0.717, 1.165) is 31.9 Å². The molecule has 0 aromatic carbocycles. The van der Waals surface area contributed by atoms with E-state index in [0.29, 0.717) is 5.41 Å². The summed E-state index contributed by atoms with van der Waals surface area (Å²) in [6.07, 6.45) is 5.51. The lowest BCUT2D eigenvalue weighted by Gasteiger charge is -2.36. The number of nitrogens with one attached hydrogen (secondary N) is 1. The molecule has 1 aromatic heterocycles. The number of hydrogen-bond acceptors (Lipinski definition) is 3. The second-order valence-electron chi connectivity index (χ2n) is 5.88. The summed E-state index contributed by atoms with van der Waals surface area (Å²) in [5.41, 5.74) is 1.52. The van der Waals surface area contributed by atoms with Gasteiger partial charge in [-0.2, -0.15) is 0 Å². The van der Waals surface area contributed by atoms with E-state index in [-0.39, 0.29) is 0 Å². The van der Waals surface area contributed by atoms with Crippen LogP contribution in [0.5, 0.6) is 0 Å². The molecule has 1 aromatic rings. The van der Waals surface area contributed by atoms with Crippen LogP contribution in [-0.4, -0.2) is 36.6 Å². The predicted octanol–water partition coefficient (Wildman–Crippen LogP) is 3.32. The summed E-state index contributed by atoms with van der Waals surface area (Å²) in [5, 5.41) is 3.60. The number of hydrogen-bond donors (Lipinski definition) is 1. The van der Waals surface area contributed by atoms with Crippen LogP contribution in [0.15, 0.2) is 24.4 Å². The average Bonchev–Trinajstić information content (AvgIpc) is 2.47. The van der Waals surface area contributed by atoms with Crippen molar-refractivity contribution in [1.82, 2.24) is 15.2 Å². The zero-order valence-electron chi connectivity index (χ0n) is 13.7. The van der Waals surface area contributed by atoms with Crippen LogP contribution in [0.25, 0.3) is 0 Å². The molecule has 0 radical (unpaired) electrons. The third-order valence-electron chi connectivity index (χ3n) is 4.19. The molecule has 114 valence electrons. The first kappa shape index (κ1) is 17.1. The Morgan fingerprint density at radius 3 is 2.50 bits per heavy atom. The van der Waals surface area contributed by atoms with Gasteiger partial charge >= 0.3 is 0 Å². The molecule has 0 saturated heterocycles. The largest absolute Gasteiger partial charge is 0.316 e. The molecule has 0 aliphatic rings. The van der Waals surface area contributed by atoms with Crippen LogP contribution in [0.2, 0.25) is 0 Å². The second-order valence-corrected chi connectivity index (χ2v) is 5.88. The first-order valence-corrected chi connectivity index (χ1v) is 7.95. The van der Waals surface area contributed by atoms with Gasteiger partial charge in [0.15, 0.2) is 0 Å². The summed E-state index contributed by atoms with van der Waals surface area (Å²) in [6, 6.07) is 6.14. The first-order valence-electron chi connectivity index (χ1n) is 7.95. The Bertz CT molecular complexity index is 347. The highest BCUT2D eigenvalue weighted by Crippen LogP contribution is 2.27. The Kier molecular flexibility index (Phi) is 7.78. The molecule has 0 bridgehead atoms. The molecule has 0 fully saturated rings. The van der Waals surface area contributed by atoms with Crippen molar-refractivity contribution in [2.75, 3.05) is 26.7 Å². The zero-order chi connectivity index (χ0) is 14.8. The fourth-order valence-electron chi connectivity index (χ4n) is 2.71. The van der Waals surface area contributed by atoms with Gasteiger partial charge in [-0.3, -0.25) is 9.88 Å². The summed E-state index contributed by atoms with van der Waals surface area (Å²) >= 11 is 0. The van der Waals surface area contributed by atoms with Gasteiger partial charge in [-0.25, -0.2) is 0 Å². The minimum Gasteiger partial charge on any atom is -0.316 e. The molecule has 20 heavy (non-hydrogen) atoms. The van der Waals surface area contributed by atoms with Crippen LogP contribution >= 0.6 is 0 Å². The number of aromatic nitrogens is 1. The summed E-state index contributed by atoms with van der Waals surface area (Å²) in [4.78, 5) is 6.82. The van der Waals surface area contributed by atoms with Crippen molar-refractivity contribution >= 4 is 0 Å². The van der Waals surface area contributed by atoms with Crippen LogP contribution in [0.4, 0.5) is 0 Å². The van der Waals surface area contributed by atoms with Crippen molar-refractivity contribution < 1.29 is 0 Å². The van der Waals surface area contributed by atoms with Crippen molar-refractivity contribution in [3.05, 3.63) is 30.1 Å². The van der Waals surface area contributed by atoms with E-state index >= 15 is 0 Å². The Labute approximate surface area is 124 Å². The fourth-order valence-corrected chi connectivity index (χ4v) is 2.71. The normalized spacial score (nSPS) is 12.1. The minimum absolute atomic E-state index is 0.374. The van der Waals surface area contributed by atoms with Crippen molar-refractivity contribution in [3.8, 4) is 0 Å². The van der Waals surface area contributed by atoms with E-state index in [1.54, 1.807) is 0 Å². The lowest BCUT2D eigenvalue weighted by molar-refractivity contribution is 0.150. The molecule has 0 atom stereocenters. The number of pyridine rings is 1. The van der Waals surface area contributed by atoms with Crippen molar-refractivity contribution in [1.29, 1.82) is 0 Å². The Balaban J connectivity index is 2.55. The molecule has 0 amide bonds. The van der Waals surface area contributed by atoms with Gasteiger partial charge in [0.05, 0.1) is 5.69 Å². The predicted molar refractivity (Wildman–Crippen MR) is 86.7 cm³/mol. The minimum atomic E-state index is 0.374. The molecular weight excluding hydrogens is 246 g/mol. The van der Waals surface area contributed by atoms with Crippen molar-refractivity contribution in [3.63, 3.8) is 0 Å². The molecule has 1 rings (SSSR count). The zero-order valence-corrected chi connectivity index (χ0v) is 13.7. The number of nitrogens with zero attached hydrogens (tertiary/aromatic N) is 2. The smallest absolute Gasteiger partial charge is 0.0543 e. The van der Waals surface area contributed by atoms with Gasteiger partial charge in [-0.05, 0) is 50.4 Å². The molecule has 0 aliphatic carbocycles. The van der Waals surface area contributed by atoms with Crippen molar-refractivity contribution in [2.24, 2.45) is 5.41 Å². The molecular formula is C17H31N3.